The van der Waals surface area contributed by atoms with Crippen molar-refractivity contribution in [2.24, 2.45) is 11.8 Å². The standard InChI is InChI=1S/C16H23N3/c1-12(2)13-6-4-9-19(10-8-13)15-7-3-5-14(11-17)16(15)18/h3,5,7,12-13H,4,6,8-10,18H2,1-2H3. The number of nitrogen functional groups attached to an aromatic ring is 1. The topological polar surface area (TPSA) is 53.0 Å². The molecule has 2 rings (SSSR count). The first-order chi connectivity index (χ1) is 9.13. The molecule has 102 valence electrons. The number of para-hydroxylation sites is 1. The van der Waals surface area contributed by atoms with Crippen molar-refractivity contribution < 1.29 is 0 Å². The van der Waals surface area contributed by atoms with E-state index in [0.29, 0.717) is 11.3 Å². The molecular weight excluding hydrogens is 234 g/mol. The maximum Gasteiger partial charge on any atom is 0.101 e. The van der Waals surface area contributed by atoms with Gasteiger partial charge in [-0.05, 0) is 43.2 Å². The summed E-state index contributed by atoms with van der Waals surface area (Å²) >= 11 is 0. The van der Waals surface area contributed by atoms with Crippen LogP contribution in [0.3, 0.4) is 0 Å². The Morgan fingerprint density at radius 1 is 1.32 bits per heavy atom. The molecule has 1 fully saturated rings. The van der Waals surface area contributed by atoms with Crippen molar-refractivity contribution in [3.8, 4) is 6.07 Å². The average molecular weight is 257 g/mol. The van der Waals surface area contributed by atoms with Crippen molar-refractivity contribution in [2.75, 3.05) is 23.7 Å². The van der Waals surface area contributed by atoms with Crippen molar-refractivity contribution in [2.45, 2.75) is 33.1 Å². The highest BCUT2D eigenvalue weighted by Crippen LogP contribution is 2.31. The Kier molecular flexibility index (Phi) is 4.31. The number of nitriles is 1. The second kappa shape index (κ2) is 5.97. The molecule has 0 aliphatic carbocycles. The molecular formula is C16H23N3. The molecule has 0 saturated carbocycles. The Balaban J connectivity index is 2.17. The van der Waals surface area contributed by atoms with Crippen LogP contribution in [0.15, 0.2) is 18.2 Å². The van der Waals surface area contributed by atoms with E-state index in [-0.39, 0.29) is 0 Å². The third-order valence-electron chi connectivity index (χ3n) is 4.26. The fourth-order valence-corrected chi connectivity index (χ4v) is 2.96. The zero-order chi connectivity index (χ0) is 13.8. The van der Waals surface area contributed by atoms with Gasteiger partial charge >= 0.3 is 0 Å². The maximum atomic E-state index is 9.06. The first-order valence-corrected chi connectivity index (χ1v) is 7.17. The third-order valence-corrected chi connectivity index (χ3v) is 4.26. The minimum absolute atomic E-state index is 0.585. The van der Waals surface area contributed by atoms with Crippen molar-refractivity contribution >= 4 is 11.4 Å². The van der Waals surface area contributed by atoms with Crippen LogP contribution in [0.2, 0.25) is 0 Å². The molecule has 1 aliphatic heterocycles. The molecule has 1 unspecified atom stereocenters. The number of rotatable bonds is 2. The summed E-state index contributed by atoms with van der Waals surface area (Å²) in [4.78, 5) is 2.35. The van der Waals surface area contributed by atoms with Gasteiger partial charge in [0.05, 0.1) is 16.9 Å². The van der Waals surface area contributed by atoms with Gasteiger partial charge in [-0.15, -0.1) is 0 Å². The third kappa shape index (κ3) is 3.01. The highest BCUT2D eigenvalue weighted by atomic mass is 15.1. The Morgan fingerprint density at radius 3 is 2.79 bits per heavy atom. The predicted octanol–water partition coefficient (Wildman–Crippen LogP) is 3.40. The van der Waals surface area contributed by atoms with Crippen LogP contribution in [-0.4, -0.2) is 13.1 Å². The number of hydrogen-bond acceptors (Lipinski definition) is 3. The molecule has 0 bridgehead atoms. The van der Waals surface area contributed by atoms with Crippen LogP contribution in [0.4, 0.5) is 11.4 Å². The second-order valence-corrected chi connectivity index (χ2v) is 5.77. The molecule has 1 aromatic rings. The van der Waals surface area contributed by atoms with Crippen molar-refractivity contribution in [1.82, 2.24) is 0 Å². The average Bonchev–Trinajstić information content (AvgIpc) is 2.65. The largest absolute Gasteiger partial charge is 0.396 e. The van der Waals surface area contributed by atoms with Crippen LogP contribution in [0.5, 0.6) is 0 Å². The molecule has 2 N–H and O–H groups in total. The smallest absolute Gasteiger partial charge is 0.101 e. The van der Waals surface area contributed by atoms with Gasteiger partial charge < -0.3 is 10.6 Å². The normalized spacial score (nSPS) is 20.1. The van der Waals surface area contributed by atoms with E-state index in [1.54, 1.807) is 6.07 Å². The summed E-state index contributed by atoms with van der Waals surface area (Å²) in [5.41, 5.74) is 8.35. The SMILES string of the molecule is CC(C)C1CCCN(c2cccc(C#N)c2N)CC1. The van der Waals surface area contributed by atoms with Gasteiger partial charge in [0, 0.05) is 13.1 Å². The zero-order valence-electron chi connectivity index (χ0n) is 11.9. The van der Waals surface area contributed by atoms with E-state index >= 15 is 0 Å². The molecule has 0 spiro atoms. The molecule has 0 radical (unpaired) electrons. The van der Waals surface area contributed by atoms with Gasteiger partial charge in [-0.25, -0.2) is 0 Å². The van der Waals surface area contributed by atoms with Crippen LogP contribution in [0, 0.1) is 23.2 Å². The Hall–Kier alpha value is -1.69. The lowest BCUT2D eigenvalue weighted by Gasteiger charge is -2.25. The molecule has 3 nitrogen and oxygen atoms in total. The quantitative estimate of drug-likeness (QED) is 0.826. The molecule has 3 heteroatoms. The Labute approximate surface area is 116 Å². The van der Waals surface area contributed by atoms with Gasteiger partial charge in [0.25, 0.3) is 0 Å². The molecule has 0 aromatic heterocycles. The number of benzene rings is 1. The highest BCUT2D eigenvalue weighted by Gasteiger charge is 2.21. The van der Waals surface area contributed by atoms with E-state index < -0.39 is 0 Å². The van der Waals surface area contributed by atoms with Crippen molar-refractivity contribution in [3.05, 3.63) is 23.8 Å². The first-order valence-electron chi connectivity index (χ1n) is 7.17. The van der Waals surface area contributed by atoms with Crippen LogP contribution in [0.1, 0.15) is 38.7 Å². The summed E-state index contributed by atoms with van der Waals surface area (Å²) < 4.78 is 0. The van der Waals surface area contributed by atoms with Gasteiger partial charge in [-0.1, -0.05) is 19.9 Å². The zero-order valence-corrected chi connectivity index (χ0v) is 11.9. The molecule has 1 atom stereocenters. The molecule has 1 aliphatic rings. The molecule has 1 aromatic carbocycles. The number of nitrogens with zero attached hydrogens (tertiary/aromatic N) is 2. The highest BCUT2D eigenvalue weighted by molar-refractivity contribution is 5.74. The minimum Gasteiger partial charge on any atom is -0.396 e. The van der Waals surface area contributed by atoms with Gasteiger partial charge in [0.2, 0.25) is 0 Å². The summed E-state index contributed by atoms with van der Waals surface area (Å²) in [6, 6.07) is 7.91. The number of hydrogen-bond donors (Lipinski definition) is 1. The summed E-state index contributed by atoms with van der Waals surface area (Å²) in [6.45, 7) is 6.71. The van der Waals surface area contributed by atoms with Crippen molar-refractivity contribution in [3.63, 3.8) is 0 Å². The van der Waals surface area contributed by atoms with Crippen LogP contribution in [0.25, 0.3) is 0 Å². The lowest BCUT2D eigenvalue weighted by molar-refractivity contribution is 0.351. The van der Waals surface area contributed by atoms with E-state index in [1.165, 1.54) is 19.3 Å². The first kappa shape index (κ1) is 13.7. The second-order valence-electron chi connectivity index (χ2n) is 5.77. The number of nitrogens with two attached hydrogens (primary N) is 1. The molecule has 1 heterocycles. The van der Waals surface area contributed by atoms with Crippen molar-refractivity contribution in [1.29, 1.82) is 5.26 Å². The van der Waals surface area contributed by atoms with E-state index in [2.05, 4.69) is 24.8 Å². The summed E-state index contributed by atoms with van der Waals surface area (Å²) in [5.74, 6) is 1.56. The molecule has 1 saturated heterocycles. The summed E-state index contributed by atoms with van der Waals surface area (Å²) in [5, 5.41) is 9.06. The molecule has 19 heavy (non-hydrogen) atoms. The number of anilines is 2. The van der Waals surface area contributed by atoms with Crippen LogP contribution in [-0.2, 0) is 0 Å². The summed E-state index contributed by atoms with van der Waals surface area (Å²) in [6.07, 6.45) is 3.72. The Morgan fingerprint density at radius 2 is 2.11 bits per heavy atom. The Bertz CT molecular complexity index is 473. The fraction of sp³-hybridized carbons (Fsp3) is 0.562. The van der Waals surface area contributed by atoms with Gasteiger partial charge in [0.15, 0.2) is 0 Å². The van der Waals surface area contributed by atoms with Crippen LogP contribution >= 0.6 is 0 Å². The van der Waals surface area contributed by atoms with E-state index in [9.17, 15) is 0 Å². The van der Waals surface area contributed by atoms with Crippen LogP contribution < -0.4 is 10.6 Å². The summed E-state index contributed by atoms with van der Waals surface area (Å²) in [7, 11) is 0. The predicted molar refractivity (Wildman–Crippen MR) is 80.0 cm³/mol. The maximum absolute atomic E-state index is 9.06. The lowest BCUT2D eigenvalue weighted by atomic mass is 9.89. The van der Waals surface area contributed by atoms with Gasteiger partial charge in [-0.3, -0.25) is 0 Å². The van der Waals surface area contributed by atoms with E-state index in [1.807, 2.05) is 12.1 Å². The monoisotopic (exact) mass is 257 g/mol. The van der Waals surface area contributed by atoms with Gasteiger partial charge in [0.1, 0.15) is 6.07 Å². The lowest BCUT2D eigenvalue weighted by Crippen LogP contribution is -2.25. The molecule has 0 amide bonds. The minimum atomic E-state index is 0.585. The van der Waals surface area contributed by atoms with E-state index in [0.717, 1.165) is 30.6 Å². The fourth-order valence-electron chi connectivity index (χ4n) is 2.96. The van der Waals surface area contributed by atoms with E-state index in [4.69, 9.17) is 11.0 Å². The van der Waals surface area contributed by atoms with Gasteiger partial charge in [-0.2, -0.15) is 5.26 Å².